The average Bonchev–Trinajstić information content (AvgIpc) is 2.51. The van der Waals surface area contributed by atoms with E-state index in [-0.39, 0.29) is 16.0 Å². The fourth-order valence-corrected chi connectivity index (χ4v) is 3.00. The molecule has 2 rings (SSSR count). The molecule has 0 bridgehead atoms. The molecule has 0 unspecified atom stereocenters. The molecule has 0 aliphatic carbocycles. The molecule has 0 spiro atoms. The lowest BCUT2D eigenvalue weighted by Crippen LogP contribution is -2.38. The first kappa shape index (κ1) is 18.9. The molecular weight excluding hydrogens is 368 g/mol. The summed E-state index contributed by atoms with van der Waals surface area (Å²) in [4.78, 5) is 0. The van der Waals surface area contributed by atoms with Gasteiger partial charge in [0.1, 0.15) is 5.75 Å². The van der Waals surface area contributed by atoms with Crippen LogP contribution in [0.25, 0.3) is 11.1 Å². The second-order valence-corrected chi connectivity index (χ2v) is 6.61. The lowest BCUT2D eigenvalue weighted by Gasteiger charge is -2.15. The van der Waals surface area contributed by atoms with Gasteiger partial charge in [0.25, 0.3) is 0 Å². The van der Waals surface area contributed by atoms with Gasteiger partial charge in [-0.3, -0.25) is 0 Å². The number of hydrogen-bond donors (Lipinski definition) is 1. The number of halogens is 4. The number of ether oxygens (including phenoxy) is 1. The van der Waals surface area contributed by atoms with Crippen LogP contribution < -0.4 is 14.2 Å². The highest BCUT2D eigenvalue weighted by atomic mass is 32.2. The van der Waals surface area contributed by atoms with Gasteiger partial charge in [0, 0.05) is 5.56 Å². The van der Waals surface area contributed by atoms with Gasteiger partial charge >= 0.3 is 21.2 Å². The number of sulfonamides is 1. The van der Waals surface area contributed by atoms with Gasteiger partial charge in [0.05, 0.1) is 5.56 Å². The minimum atomic E-state index is -4.63. The van der Waals surface area contributed by atoms with Crippen molar-refractivity contribution >= 4 is 10.0 Å². The van der Waals surface area contributed by atoms with Crippen LogP contribution in [0, 0.1) is 11.0 Å². The summed E-state index contributed by atoms with van der Waals surface area (Å²) < 4.78 is 81.3. The van der Waals surface area contributed by atoms with Crippen molar-refractivity contribution in [2.75, 3.05) is 13.7 Å². The Kier molecular flexibility index (Phi) is 5.18. The predicted molar refractivity (Wildman–Crippen MR) is 78.6 cm³/mol. The van der Waals surface area contributed by atoms with E-state index in [4.69, 9.17) is 0 Å². The number of benzene rings is 1. The highest BCUT2D eigenvalue weighted by Crippen LogP contribution is 2.34. The van der Waals surface area contributed by atoms with Crippen molar-refractivity contribution in [2.45, 2.75) is 11.2 Å². The van der Waals surface area contributed by atoms with E-state index in [1.165, 1.54) is 18.2 Å². The van der Waals surface area contributed by atoms with Gasteiger partial charge in [-0.1, -0.05) is 18.2 Å². The Morgan fingerprint density at radius 1 is 1.24 bits per heavy atom. The molecule has 25 heavy (non-hydrogen) atoms. The Labute approximate surface area is 140 Å². The standard InChI is InChI=1S/C14H12F4N2O4S/c1-19-25(22,23)13-11(6-9(15)7-20(13)21)10-4-2-3-5-12(10)24-8-14(16,17)18/h2-7,19H,8H2,1H3. The zero-order valence-corrected chi connectivity index (χ0v) is 13.5. The summed E-state index contributed by atoms with van der Waals surface area (Å²) in [5, 5.41) is 11.0. The van der Waals surface area contributed by atoms with Gasteiger partial charge in [-0.15, -0.1) is 0 Å². The van der Waals surface area contributed by atoms with Crippen LogP contribution >= 0.6 is 0 Å². The molecule has 0 saturated heterocycles. The number of hydrogen-bond acceptors (Lipinski definition) is 4. The van der Waals surface area contributed by atoms with Crippen LogP contribution in [0.1, 0.15) is 0 Å². The van der Waals surface area contributed by atoms with Gasteiger partial charge in [-0.2, -0.15) is 17.9 Å². The van der Waals surface area contributed by atoms with Gasteiger partial charge in [-0.25, -0.2) is 17.5 Å². The highest BCUT2D eigenvalue weighted by Gasteiger charge is 2.32. The average molecular weight is 380 g/mol. The summed E-state index contributed by atoms with van der Waals surface area (Å²) in [7, 11) is -3.29. The minimum Gasteiger partial charge on any atom is -0.618 e. The number of rotatable bonds is 5. The van der Waals surface area contributed by atoms with Gasteiger partial charge in [0.15, 0.2) is 12.4 Å². The van der Waals surface area contributed by atoms with Crippen LogP contribution in [0.3, 0.4) is 0 Å². The second kappa shape index (κ2) is 6.84. The van der Waals surface area contributed by atoms with Crippen molar-refractivity contribution in [1.82, 2.24) is 4.72 Å². The van der Waals surface area contributed by atoms with Crippen LogP contribution in [0.2, 0.25) is 0 Å². The summed E-state index contributed by atoms with van der Waals surface area (Å²) in [5.41, 5.74) is -0.605. The Morgan fingerprint density at radius 3 is 2.48 bits per heavy atom. The van der Waals surface area contributed by atoms with Gasteiger partial charge in [-0.05, 0) is 19.2 Å². The largest absolute Gasteiger partial charge is 0.618 e. The van der Waals surface area contributed by atoms with Crippen molar-refractivity contribution < 1.29 is 35.4 Å². The maximum Gasteiger partial charge on any atom is 0.422 e. The molecule has 0 aliphatic heterocycles. The topological polar surface area (TPSA) is 82.3 Å². The first-order valence-electron chi connectivity index (χ1n) is 6.70. The van der Waals surface area contributed by atoms with Crippen molar-refractivity contribution in [2.24, 2.45) is 0 Å². The first-order chi connectivity index (χ1) is 11.5. The zero-order chi connectivity index (χ0) is 18.8. The van der Waals surface area contributed by atoms with Crippen LogP contribution in [-0.2, 0) is 10.0 Å². The molecule has 0 amide bonds. The molecular formula is C14H12F4N2O4S. The molecule has 0 aliphatic rings. The maximum atomic E-state index is 13.6. The van der Waals surface area contributed by atoms with Crippen LogP contribution in [0.5, 0.6) is 5.75 Å². The van der Waals surface area contributed by atoms with Crippen molar-refractivity contribution in [3.63, 3.8) is 0 Å². The number of alkyl halides is 3. The molecule has 0 atom stereocenters. The third-order valence-electron chi connectivity index (χ3n) is 3.05. The smallest absolute Gasteiger partial charge is 0.422 e. The third-order valence-corrected chi connectivity index (χ3v) is 4.49. The second-order valence-electron chi connectivity index (χ2n) is 4.81. The number of nitrogens with zero attached hydrogens (tertiary/aromatic N) is 1. The Bertz CT molecular complexity index is 885. The molecule has 1 heterocycles. The van der Waals surface area contributed by atoms with Gasteiger partial charge < -0.3 is 9.94 Å². The Balaban J connectivity index is 2.67. The molecule has 0 fully saturated rings. The van der Waals surface area contributed by atoms with E-state index >= 15 is 0 Å². The van der Waals surface area contributed by atoms with E-state index in [2.05, 4.69) is 4.74 Å². The minimum absolute atomic E-state index is 0.176. The SMILES string of the molecule is CNS(=O)(=O)c1c(-c2ccccc2OCC(F)(F)F)cc(F)c[n+]1[O-]. The molecule has 1 aromatic heterocycles. The number of aromatic nitrogens is 1. The van der Waals surface area contributed by atoms with E-state index in [1.807, 2.05) is 4.72 Å². The van der Waals surface area contributed by atoms with Crippen molar-refractivity contribution in [1.29, 1.82) is 0 Å². The quantitative estimate of drug-likeness (QED) is 0.489. The number of para-hydroxylation sites is 1. The number of nitrogens with one attached hydrogen (secondary N) is 1. The van der Waals surface area contributed by atoms with Crippen LogP contribution in [-0.4, -0.2) is 28.2 Å². The normalized spacial score (nSPS) is 12.2. The van der Waals surface area contributed by atoms with E-state index in [0.29, 0.717) is 6.20 Å². The van der Waals surface area contributed by atoms with E-state index in [9.17, 15) is 31.2 Å². The monoisotopic (exact) mass is 380 g/mol. The number of pyridine rings is 1. The summed E-state index contributed by atoms with van der Waals surface area (Å²) in [6.45, 7) is -1.63. The van der Waals surface area contributed by atoms with E-state index < -0.39 is 39.2 Å². The summed E-state index contributed by atoms with van der Waals surface area (Å²) >= 11 is 0. The zero-order valence-electron chi connectivity index (χ0n) is 12.7. The molecule has 1 N–H and O–H groups in total. The fraction of sp³-hybridized carbons (Fsp3) is 0.214. The summed E-state index contributed by atoms with van der Waals surface area (Å²) in [6, 6.07) is 5.83. The summed E-state index contributed by atoms with van der Waals surface area (Å²) in [5.74, 6) is -1.41. The molecule has 11 heteroatoms. The highest BCUT2D eigenvalue weighted by molar-refractivity contribution is 7.89. The van der Waals surface area contributed by atoms with Gasteiger partial charge in [0.2, 0.25) is 6.20 Å². The summed E-state index contributed by atoms with van der Waals surface area (Å²) in [6.07, 6.45) is -4.24. The molecule has 0 saturated carbocycles. The Morgan fingerprint density at radius 2 is 1.88 bits per heavy atom. The van der Waals surface area contributed by atoms with Crippen molar-refractivity contribution in [3.8, 4) is 16.9 Å². The predicted octanol–water partition coefficient (Wildman–Crippen LogP) is 1.98. The van der Waals surface area contributed by atoms with Crippen LogP contribution in [0.4, 0.5) is 17.6 Å². The fourth-order valence-electron chi connectivity index (χ4n) is 2.05. The van der Waals surface area contributed by atoms with E-state index in [0.717, 1.165) is 19.2 Å². The third kappa shape index (κ3) is 4.37. The molecule has 2 aromatic rings. The lowest BCUT2D eigenvalue weighted by atomic mass is 10.1. The molecule has 6 nitrogen and oxygen atoms in total. The molecule has 136 valence electrons. The lowest BCUT2D eigenvalue weighted by molar-refractivity contribution is -0.647. The van der Waals surface area contributed by atoms with Crippen molar-refractivity contribution in [3.05, 3.63) is 47.6 Å². The molecule has 1 aromatic carbocycles. The Hall–Kier alpha value is -2.40. The maximum absolute atomic E-state index is 13.6. The first-order valence-corrected chi connectivity index (χ1v) is 8.18. The van der Waals surface area contributed by atoms with E-state index in [1.54, 1.807) is 0 Å². The molecule has 0 radical (unpaired) electrons. The van der Waals surface area contributed by atoms with Crippen LogP contribution in [0.15, 0.2) is 41.6 Å².